The normalized spacial score (nSPS) is 10.9. The molecule has 0 radical (unpaired) electrons. The van der Waals surface area contributed by atoms with E-state index in [0.29, 0.717) is 17.2 Å². The topological polar surface area (TPSA) is 71.2 Å². The smallest absolute Gasteiger partial charge is 0.265 e. The molecule has 5 nitrogen and oxygen atoms in total. The Morgan fingerprint density at radius 3 is 2.52 bits per heavy atom. The molecule has 1 rings (SSSR count). The van der Waals surface area contributed by atoms with Gasteiger partial charge in [0.15, 0.2) is 5.13 Å². The number of unbranched alkanes of at least 4 members (excludes halogenated alkanes) is 3. The lowest BCUT2D eigenvalue weighted by atomic mass is 10.0. The molecular formula is C15H28N4OS. The van der Waals surface area contributed by atoms with Crippen LogP contribution < -0.4 is 16.0 Å². The third-order valence-electron chi connectivity index (χ3n) is 3.22. The number of anilines is 2. The van der Waals surface area contributed by atoms with Gasteiger partial charge >= 0.3 is 0 Å². The lowest BCUT2D eigenvalue weighted by molar-refractivity contribution is 0.0957. The van der Waals surface area contributed by atoms with Gasteiger partial charge in [-0.05, 0) is 12.3 Å². The van der Waals surface area contributed by atoms with Crippen LogP contribution >= 0.6 is 11.3 Å². The zero-order chi connectivity index (χ0) is 15.8. The van der Waals surface area contributed by atoms with Gasteiger partial charge in [-0.3, -0.25) is 4.79 Å². The van der Waals surface area contributed by atoms with Gasteiger partial charge in [-0.2, -0.15) is 0 Å². The maximum Gasteiger partial charge on any atom is 0.265 e. The molecule has 0 unspecified atom stereocenters. The molecule has 0 saturated heterocycles. The molecule has 3 N–H and O–H groups in total. The van der Waals surface area contributed by atoms with Gasteiger partial charge in [0, 0.05) is 20.6 Å². The van der Waals surface area contributed by atoms with E-state index >= 15 is 0 Å². The molecule has 0 atom stereocenters. The molecule has 120 valence electrons. The van der Waals surface area contributed by atoms with Gasteiger partial charge < -0.3 is 16.0 Å². The quantitative estimate of drug-likeness (QED) is 0.687. The fourth-order valence-corrected chi connectivity index (χ4v) is 2.81. The van der Waals surface area contributed by atoms with Gasteiger partial charge in [0.05, 0.1) is 0 Å². The van der Waals surface area contributed by atoms with Crippen LogP contribution in [-0.4, -0.2) is 31.5 Å². The largest absolute Gasteiger partial charge is 0.382 e. The van der Waals surface area contributed by atoms with Gasteiger partial charge in [-0.25, -0.2) is 4.98 Å². The number of hydrogen-bond donors (Lipinski definition) is 2. The Labute approximate surface area is 131 Å². The number of aromatic nitrogens is 1. The zero-order valence-corrected chi connectivity index (χ0v) is 14.4. The summed E-state index contributed by atoms with van der Waals surface area (Å²) in [5, 5.41) is 3.68. The molecule has 1 aromatic rings. The fourth-order valence-electron chi connectivity index (χ4n) is 1.99. The number of rotatable bonds is 9. The van der Waals surface area contributed by atoms with Crippen LogP contribution in [0, 0.1) is 5.92 Å². The molecule has 1 amide bonds. The highest BCUT2D eigenvalue weighted by molar-refractivity contribution is 7.18. The lowest BCUT2D eigenvalue weighted by Crippen LogP contribution is -2.24. The minimum atomic E-state index is -0.111. The number of amides is 1. The second-order valence-electron chi connectivity index (χ2n) is 5.96. The Balaban J connectivity index is 2.25. The van der Waals surface area contributed by atoms with Crippen LogP contribution in [0.15, 0.2) is 0 Å². The average molecular weight is 312 g/mol. The van der Waals surface area contributed by atoms with Crippen LogP contribution in [0.3, 0.4) is 0 Å². The van der Waals surface area contributed by atoms with E-state index in [0.717, 1.165) is 23.9 Å². The summed E-state index contributed by atoms with van der Waals surface area (Å²) in [4.78, 5) is 18.6. The van der Waals surface area contributed by atoms with Crippen molar-refractivity contribution in [2.45, 2.75) is 46.0 Å². The SMILES string of the molecule is CC(C)CCCCCCNC(=O)c1sc(N(C)C)nc1N. The number of carbonyl (C=O) groups excluding carboxylic acids is 1. The van der Waals surface area contributed by atoms with E-state index in [2.05, 4.69) is 24.1 Å². The Hall–Kier alpha value is -1.30. The summed E-state index contributed by atoms with van der Waals surface area (Å²) in [5.74, 6) is 0.989. The minimum absolute atomic E-state index is 0.111. The molecule has 0 aliphatic carbocycles. The predicted molar refractivity (Wildman–Crippen MR) is 91.1 cm³/mol. The number of carbonyl (C=O) groups is 1. The van der Waals surface area contributed by atoms with E-state index in [1.54, 1.807) is 0 Å². The van der Waals surface area contributed by atoms with Gasteiger partial charge in [0.1, 0.15) is 10.7 Å². The maximum atomic E-state index is 12.0. The summed E-state index contributed by atoms with van der Waals surface area (Å²) >= 11 is 1.33. The average Bonchev–Trinajstić information content (AvgIpc) is 2.79. The van der Waals surface area contributed by atoms with Crippen molar-refractivity contribution in [3.63, 3.8) is 0 Å². The lowest BCUT2D eigenvalue weighted by Gasteiger charge is -2.06. The number of hydrogen-bond acceptors (Lipinski definition) is 5. The molecule has 0 bridgehead atoms. The Morgan fingerprint density at radius 2 is 1.95 bits per heavy atom. The minimum Gasteiger partial charge on any atom is -0.382 e. The number of thiazole rings is 1. The molecule has 0 spiro atoms. The van der Waals surface area contributed by atoms with Gasteiger partial charge in [0.25, 0.3) is 5.91 Å². The highest BCUT2D eigenvalue weighted by Crippen LogP contribution is 2.26. The Bertz CT molecular complexity index is 443. The van der Waals surface area contributed by atoms with Crippen LogP contribution in [0.4, 0.5) is 10.9 Å². The summed E-state index contributed by atoms with van der Waals surface area (Å²) in [6.07, 6.45) is 5.98. The van der Waals surface area contributed by atoms with Crippen molar-refractivity contribution in [2.75, 3.05) is 31.3 Å². The first-order chi connectivity index (χ1) is 9.91. The Kier molecular flexibility index (Phi) is 7.50. The van der Waals surface area contributed by atoms with Crippen molar-refractivity contribution < 1.29 is 4.79 Å². The molecular weight excluding hydrogens is 284 g/mol. The standard InChI is InChI=1S/C15H28N4OS/c1-11(2)9-7-5-6-8-10-17-14(20)12-13(16)18-15(21-12)19(3)4/h11H,5-10,16H2,1-4H3,(H,17,20). The van der Waals surface area contributed by atoms with E-state index < -0.39 is 0 Å². The molecule has 1 aromatic heterocycles. The van der Waals surface area contributed by atoms with E-state index in [1.165, 1.54) is 30.6 Å². The highest BCUT2D eigenvalue weighted by atomic mass is 32.1. The molecule has 0 aliphatic heterocycles. The first-order valence-corrected chi connectivity index (χ1v) is 8.45. The molecule has 1 heterocycles. The summed E-state index contributed by atoms with van der Waals surface area (Å²) in [6.45, 7) is 5.21. The summed E-state index contributed by atoms with van der Waals surface area (Å²) in [6, 6.07) is 0. The zero-order valence-electron chi connectivity index (χ0n) is 13.6. The second kappa shape index (κ2) is 8.87. The summed E-state index contributed by atoms with van der Waals surface area (Å²) in [5.41, 5.74) is 5.79. The highest BCUT2D eigenvalue weighted by Gasteiger charge is 2.16. The second-order valence-corrected chi connectivity index (χ2v) is 6.94. The van der Waals surface area contributed by atoms with E-state index in [-0.39, 0.29) is 5.91 Å². The molecule has 0 saturated carbocycles. The number of nitrogens with two attached hydrogens (primary N) is 1. The van der Waals surface area contributed by atoms with Crippen LogP contribution in [0.5, 0.6) is 0 Å². The Morgan fingerprint density at radius 1 is 1.29 bits per heavy atom. The van der Waals surface area contributed by atoms with Crippen molar-refractivity contribution in [3.8, 4) is 0 Å². The molecule has 0 aromatic carbocycles. The predicted octanol–water partition coefficient (Wildman–Crippen LogP) is 3.13. The van der Waals surface area contributed by atoms with Crippen molar-refractivity contribution in [1.82, 2.24) is 10.3 Å². The molecule has 0 aliphatic rings. The fraction of sp³-hybridized carbons (Fsp3) is 0.733. The number of nitrogens with zero attached hydrogens (tertiary/aromatic N) is 2. The molecule has 0 fully saturated rings. The van der Waals surface area contributed by atoms with Crippen molar-refractivity contribution in [2.24, 2.45) is 5.92 Å². The summed E-state index contributed by atoms with van der Waals surface area (Å²) in [7, 11) is 3.77. The first-order valence-electron chi connectivity index (χ1n) is 7.63. The van der Waals surface area contributed by atoms with Crippen molar-refractivity contribution >= 4 is 28.2 Å². The molecule has 21 heavy (non-hydrogen) atoms. The molecule has 6 heteroatoms. The van der Waals surface area contributed by atoms with E-state index in [4.69, 9.17) is 5.73 Å². The van der Waals surface area contributed by atoms with Crippen LogP contribution in [-0.2, 0) is 0 Å². The van der Waals surface area contributed by atoms with E-state index in [9.17, 15) is 4.79 Å². The maximum absolute atomic E-state index is 12.0. The first kappa shape index (κ1) is 17.8. The van der Waals surface area contributed by atoms with Crippen molar-refractivity contribution in [3.05, 3.63) is 4.88 Å². The van der Waals surface area contributed by atoms with Gasteiger partial charge in [-0.15, -0.1) is 0 Å². The van der Waals surface area contributed by atoms with Gasteiger partial charge in [-0.1, -0.05) is 50.9 Å². The van der Waals surface area contributed by atoms with Crippen molar-refractivity contribution in [1.29, 1.82) is 0 Å². The van der Waals surface area contributed by atoms with Crippen LogP contribution in [0.25, 0.3) is 0 Å². The van der Waals surface area contributed by atoms with Gasteiger partial charge in [0.2, 0.25) is 0 Å². The number of nitrogens with one attached hydrogen (secondary N) is 1. The monoisotopic (exact) mass is 312 g/mol. The van der Waals surface area contributed by atoms with Crippen LogP contribution in [0.2, 0.25) is 0 Å². The number of nitrogen functional groups attached to an aromatic ring is 1. The van der Waals surface area contributed by atoms with E-state index in [1.807, 2.05) is 19.0 Å². The third-order valence-corrected chi connectivity index (χ3v) is 4.46. The summed E-state index contributed by atoms with van der Waals surface area (Å²) < 4.78 is 0. The van der Waals surface area contributed by atoms with Crippen LogP contribution in [0.1, 0.15) is 55.6 Å². The third kappa shape index (κ3) is 6.33.